The van der Waals surface area contributed by atoms with Crippen LogP contribution in [0.15, 0.2) is 55.0 Å². The van der Waals surface area contributed by atoms with Gasteiger partial charge in [-0.1, -0.05) is 12.6 Å². The molecule has 0 atom stereocenters. The number of hydrogen-bond acceptors (Lipinski definition) is 6. The second kappa shape index (κ2) is 11.2. The fraction of sp³-hybridized carbons (Fsp3) is 0.143. The molecular weight excluding hydrogens is 563 g/mol. The quantitative estimate of drug-likeness (QED) is 0.201. The molecule has 0 fully saturated rings. The van der Waals surface area contributed by atoms with E-state index < -0.39 is 36.2 Å². The number of nitrogens with two attached hydrogens (primary N) is 1. The Morgan fingerprint density at radius 3 is 2.52 bits per heavy atom. The van der Waals surface area contributed by atoms with Crippen molar-refractivity contribution in [2.45, 2.75) is 6.18 Å². The van der Waals surface area contributed by atoms with Gasteiger partial charge >= 0.3 is 6.18 Å². The zero-order valence-corrected chi connectivity index (χ0v) is 22.0. The van der Waals surface area contributed by atoms with Crippen molar-refractivity contribution in [2.75, 3.05) is 24.7 Å². The van der Waals surface area contributed by atoms with E-state index in [1.54, 1.807) is 12.4 Å². The van der Waals surface area contributed by atoms with Crippen molar-refractivity contribution in [1.82, 2.24) is 14.9 Å². The van der Waals surface area contributed by atoms with Crippen LogP contribution in [0, 0.1) is 17.1 Å². The normalized spacial score (nSPS) is 11.2. The predicted molar refractivity (Wildman–Crippen MR) is 144 cm³/mol. The standard InChI is InChI=1S/C28H21F5N6O3/c1-13(29)26(40)38-16-5-7-17(19(30)9-16)24-21(22-23(39(24)2)15(10-34)11-36-25(22)35)14-4-6-18(20(8-14)42-3)27(41)37-12-28(31,32)33/h4-9,11H,1,12H2,2-3H3,(H2,35,36)(H,37,41)(H,38,40). The Kier molecular flexibility index (Phi) is 7.88. The lowest BCUT2D eigenvalue weighted by atomic mass is 9.96. The molecule has 4 N–H and O–H groups in total. The molecule has 2 aromatic carbocycles. The summed E-state index contributed by atoms with van der Waals surface area (Å²) in [5, 5.41) is 14.0. The molecule has 0 saturated heterocycles. The van der Waals surface area contributed by atoms with Gasteiger partial charge in [-0.05, 0) is 35.9 Å². The van der Waals surface area contributed by atoms with Crippen LogP contribution >= 0.6 is 0 Å². The van der Waals surface area contributed by atoms with E-state index >= 15 is 4.39 Å². The number of amides is 2. The topological polar surface area (TPSA) is 135 Å². The van der Waals surface area contributed by atoms with Gasteiger partial charge in [-0.15, -0.1) is 0 Å². The SMILES string of the molecule is C=C(F)C(=O)Nc1ccc(-c2c(-c3ccc(C(=O)NCC(F)(F)F)c(OC)c3)c3c(N)ncc(C#N)c3n2C)c(F)c1. The number of hydrogen-bond donors (Lipinski definition) is 3. The Morgan fingerprint density at radius 1 is 1.21 bits per heavy atom. The van der Waals surface area contributed by atoms with Crippen molar-refractivity contribution in [1.29, 1.82) is 5.26 Å². The van der Waals surface area contributed by atoms with Crippen molar-refractivity contribution in [2.24, 2.45) is 7.05 Å². The number of nitrogens with one attached hydrogen (secondary N) is 2. The lowest BCUT2D eigenvalue weighted by Gasteiger charge is -2.14. The van der Waals surface area contributed by atoms with E-state index in [1.807, 2.05) is 6.07 Å². The molecule has 2 aromatic heterocycles. The van der Waals surface area contributed by atoms with E-state index in [1.165, 1.54) is 48.2 Å². The minimum absolute atomic E-state index is 0.0161. The highest BCUT2D eigenvalue weighted by Crippen LogP contribution is 2.45. The van der Waals surface area contributed by atoms with Crippen LogP contribution in [-0.2, 0) is 11.8 Å². The number of halogens is 5. The highest BCUT2D eigenvalue weighted by Gasteiger charge is 2.29. The molecule has 2 amide bonds. The van der Waals surface area contributed by atoms with E-state index in [0.717, 1.165) is 6.07 Å². The van der Waals surface area contributed by atoms with Crippen molar-refractivity contribution in [3.63, 3.8) is 0 Å². The second-order valence-corrected chi connectivity index (χ2v) is 8.94. The monoisotopic (exact) mass is 584 g/mol. The number of ether oxygens (including phenoxy) is 1. The number of nitriles is 1. The largest absolute Gasteiger partial charge is 0.496 e. The maximum atomic E-state index is 15.6. The van der Waals surface area contributed by atoms with Crippen LogP contribution in [0.5, 0.6) is 5.75 Å². The Balaban J connectivity index is 1.96. The maximum absolute atomic E-state index is 15.6. The molecule has 216 valence electrons. The van der Waals surface area contributed by atoms with Gasteiger partial charge in [0.15, 0.2) is 5.83 Å². The van der Waals surface area contributed by atoms with Crippen LogP contribution in [0.25, 0.3) is 33.3 Å². The van der Waals surface area contributed by atoms with Crippen LogP contribution in [0.3, 0.4) is 0 Å². The van der Waals surface area contributed by atoms with Gasteiger partial charge in [-0.2, -0.15) is 18.4 Å². The van der Waals surface area contributed by atoms with Gasteiger partial charge in [0.25, 0.3) is 11.8 Å². The molecule has 2 heterocycles. The molecule has 0 spiro atoms. The summed E-state index contributed by atoms with van der Waals surface area (Å²) in [6.45, 7) is 1.33. The van der Waals surface area contributed by atoms with Crippen LogP contribution in [-0.4, -0.2) is 41.2 Å². The third-order valence-electron chi connectivity index (χ3n) is 6.27. The number of carbonyl (C=O) groups excluding carboxylic acids is 2. The third kappa shape index (κ3) is 5.57. The van der Waals surface area contributed by atoms with Crippen LogP contribution in [0.4, 0.5) is 33.5 Å². The number of fused-ring (bicyclic) bond motifs is 1. The Labute approximate surface area is 235 Å². The molecule has 14 heteroatoms. The molecule has 4 aromatic rings. The first-order valence-electron chi connectivity index (χ1n) is 11.9. The molecule has 4 rings (SSSR count). The van der Waals surface area contributed by atoms with Gasteiger partial charge < -0.3 is 25.7 Å². The number of benzene rings is 2. The number of rotatable bonds is 7. The summed E-state index contributed by atoms with van der Waals surface area (Å²) >= 11 is 0. The lowest BCUT2D eigenvalue weighted by molar-refractivity contribution is -0.123. The molecule has 0 aliphatic heterocycles. The number of nitrogens with zero attached hydrogens (tertiary/aromatic N) is 3. The maximum Gasteiger partial charge on any atom is 0.405 e. The lowest BCUT2D eigenvalue weighted by Crippen LogP contribution is -2.33. The van der Waals surface area contributed by atoms with E-state index in [2.05, 4.69) is 16.9 Å². The molecule has 0 saturated carbocycles. The summed E-state index contributed by atoms with van der Waals surface area (Å²) < 4.78 is 73.5. The Morgan fingerprint density at radius 2 is 1.93 bits per heavy atom. The third-order valence-corrected chi connectivity index (χ3v) is 6.27. The molecular formula is C28H21F5N6O3. The number of aryl methyl sites for hydroxylation is 1. The first-order valence-corrected chi connectivity index (χ1v) is 11.9. The average Bonchev–Trinajstić information content (AvgIpc) is 3.24. The second-order valence-electron chi connectivity index (χ2n) is 8.94. The summed E-state index contributed by atoms with van der Waals surface area (Å²) in [4.78, 5) is 28.2. The highest BCUT2D eigenvalue weighted by atomic mass is 19.4. The van der Waals surface area contributed by atoms with Crippen molar-refractivity contribution < 1.29 is 36.3 Å². The molecule has 0 radical (unpaired) electrons. The fourth-order valence-corrected chi connectivity index (χ4v) is 4.48. The summed E-state index contributed by atoms with van der Waals surface area (Å²) in [7, 11) is 2.77. The zero-order valence-electron chi connectivity index (χ0n) is 22.0. The molecule has 0 unspecified atom stereocenters. The van der Waals surface area contributed by atoms with E-state index in [-0.39, 0.29) is 50.6 Å². The van der Waals surface area contributed by atoms with Crippen molar-refractivity contribution in [3.05, 3.63) is 71.9 Å². The summed E-state index contributed by atoms with van der Waals surface area (Å²) in [5.41, 5.74) is 7.12. The van der Waals surface area contributed by atoms with Crippen LogP contribution in [0.2, 0.25) is 0 Å². The fourth-order valence-electron chi connectivity index (χ4n) is 4.48. The number of methoxy groups -OCH3 is 1. The number of pyridine rings is 1. The number of aromatic nitrogens is 2. The Hall–Kier alpha value is -5.45. The van der Waals surface area contributed by atoms with Gasteiger partial charge in [-0.3, -0.25) is 9.59 Å². The first kappa shape index (κ1) is 29.5. The number of alkyl halides is 3. The van der Waals surface area contributed by atoms with Gasteiger partial charge in [0.2, 0.25) is 0 Å². The number of nitrogen functional groups attached to an aromatic ring is 1. The van der Waals surface area contributed by atoms with E-state index in [9.17, 15) is 32.4 Å². The van der Waals surface area contributed by atoms with Gasteiger partial charge in [0, 0.05) is 30.1 Å². The summed E-state index contributed by atoms with van der Waals surface area (Å²) in [6.07, 6.45) is -3.38. The summed E-state index contributed by atoms with van der Waals surface area (Å²) in [5.74, 6) is -4.42. The zero-order chi connectivity index (χ0) is 30.9. The van der Waals surface area contributed by atoms with Crippen molar-refractivity contribution in [3.8, 4) is 34.2 Å². The molecule has 0 bridgehead atoms. The van der Waals surface area contributed by atoms with E-state index in [0.29, 0.717) is 11.1 Å². The first-order chi connectivity index (χ1) is 19.8. The van der Waals surface area contributed by atoms with Crippen LogP contribution < -0.4 is 21.1 Å². The average molecular weight is 585 g/mol. The van der Waals surface area contributed by atoms with Gasteiger partial charge in [0.05, 0.1) is 34.8 Å². The highest BCUT2D eigenvalue weighted by molar-refractivity contribution is 6.11. The van der Waals surface area contributed by atoms with E-state index in [4.69, 9.17) is 10.5 Å². The van der Waals surface area contributed by atoms with Crippen LogP contribution in [0.1, 0.15) is 15.9 Å². The van der Waals surface area contributed by atoms with Gasteiger partial charge in [0.1, 0.15) is 30.0 Å². The van der Waals surface area contributed by atoms with Crippen molar-refractivity contribution >= 4 is 34.2 Å². The predicted octanol–water partition coefficient (Wildman–Crippen LogP) is 5.22. The summed E-state index contributed by atoms with van der Waals surface area (Å²) in [6, 6.07) is 9.61. The molecule has 9 nitrogen and oxygen atoms in total. The van der Waals surface area contributed by atoms with Gasteiger partial charge in [-0.25, -0.2) is 13.8 Å². The minimum atomic E-state index is -4.63. The molecule has 0 aliphatic rings. The number of carbonyl (C=O) groups is 2. The molecule has 0 aliphatic carbocycles. The minimum Gasteiger partial charge on any atom is -0.496 e. The smallest absolute Gasteiger partial charge is 0.405 e. The Bertz CT molecular complexity index is 1810. The molecule has 42 heavy (non-hydrogen) atoms. The number of anilines is 2.